The molecule has 5 nitrogen and oxygen atoms in total. The fourth-order valence-electron chi connectivity index (χ4n) is 4.58. The highest BCUT2D eigenvalue weighted by atomic mass is 16.2. The second kappa shape index (κ2) is 5.94. The van der Waals surface area contributed by atoms with Crippen LogP contribution < -0.4 is 0 Å². The van der Waals surface area contributed by atoms with E-state index in [1.54, 1.807) is 0 Å². The largest absolute Gasteiger partial charge is 0.347 e. The van der Waals surface area contributed by atoms with Crippen molar-refractivity contribution in [3.05, 3.63) is 24.0 Å². The Morgan fingerprint density at radius 3 is 2.75 bits per heavy atom. The first-order valence-electron chi connectivity index (χ1n) is 9.29. The molecule has 4 rings (SSSR count). The van der Waals surface area contributed by atoms with Crippen molar-refractivity contribution in [3.63, 3.8) is 0 Å². The van der Waals surface area contributed by atoms with Gasteiger partial charge in [0.05, 0.1) is 5.41 Å². The lowest BCUT2D eigenvalue weighted by molar-refractivity contribution is -0.146. The molecule has 24 heavy (non-hydrogen) atoms. The molecule has 2 amide bonds. The molecular formula is C19H27N3O2. The molecule has 1 spiro atoms. The Morgan fingerprint density at radius 2 is 2.08 bits per heavy atom. The van der Waals surface area contributed by atoms with Crippen LogP contribution in [0.25, 0.3) is 0 Å². The molecule has 1 saturated carbocycles. The van der Waals surface area contributed by atoms with Crippen LogP contribution in [0.15, 0.2) is 18.3 Å². The van der Waals surface area contributed by atoms with Gasteiger partial charge in [-0.25, -0.2) is 0 Å². The standard InChI is InChI=1S/C19H27N3O2/c1-20-10-3-7-16(20)17(23)22-12-9-19(14-22)8-4-11-21(18(19)24)13-15-5-2-6-15/h3,7,10,15H,2,4-6,8-9,11-14H2,1H3/t19-/m1/s1. The van der Waals surface area contributed by atoms with Gasteiger partial charge in [0.25, 0.3) is 5.91 Å². The van der Waals surface area contributed by atoms with Crippen molar-refractivity contribution in [1.29, 1.82) is 0 Å². The number of amides is 2. The SMILES string of the molecule is Cn1cccc1C(=O)N1CC[C@]2(CCCN(CC3CCC3)C2=O)C1. The zero-order chi connectivity index (χ0) is 16.7. The number of piperidine rings is 1. The molecule has 0 aromatic carbocycles. The molecule has 2 aliphatic heterocycles. The molecular weight excluding hydrogens is 302 g/mol. The molecule has 130 valence electrons. The monoisotopic (exact) mass is 329 g/mol. The van der Waals surface area contributed by atoms with Crippen molar-refractivity contribution < 1.29 is 9.59 Å². The molecule has 3 heterocycles. The Hall–Kier alpha value is -1.78. The van der Waals surface area contributed by atoms with Crippen molar-refractivity contribution in [2.45, 2.75) is 38.5 Å². The van der Waals surface area contributed by atoms with Crippen LogP contribution in [0.1, 0.15) is 49.0 Å². The number of rotatable bonds is 3. The number of carbonyl (C=O) groups is 2. The third-order valence-corrected chi connectivity index (χ3v) is 6.33. The average Bonchev–Trinajstić information content (AvgIpc) is 3.14. The van der Waals surface area contributed by atoms with E-state index in [-0.39, 0.29) is 11.3 Å². The molecule has 3 fully saturated rings. The van der Waals surface area contributed by atoms with Crippen LogP contribution in [0, 0.1) is 11.3 Å². The zero-order valence-corrected chi connectivity index (χ0v) is 14.5. The van der Waals surface area contributed by atoms with Crippen molar-refractivity contribution in [2.75, 3.05) is 26.2 Å². The Bertz CT molecular complexity index is 649. The summed E-state index contributed by atoms with van der Waals surface area (Å²) in [4.78, 5) is 29.9. The molecule has 1 aromatic rings. The molecule has 0 N–H and O–H groups in total. The summed E-state index contributed by atoms with van der Waals surface area (Å²) in [5, 5.41) is 0. The first-order chi connectivity index (χ1) is 11.6. The quantitative estimate of drug-likeness (QED) is 0.854. The maximum atomic E-state index is 13.1. The highest BCUT2D eigenvalue weighted by Gasteiger charge is 2.49. The van der Waals surface area contributed by atoms with E-state index in [0.717, 1.165) is 32.4 Å². The molecule has 0 unspecified atom stereocenters. The van der Waals surface area contributed by atoms with E-state index >= 15 is 0 Å². The van der Waals surface area contributed by atoms with Crippen molar-refractivity contribution in [1.82, 2.24) is 14.4 Å². The van der Waals surface area contributed by atoms with Gasteiger partial charge in [-0.15, -0.1) is 0 Å². The fourth-order valence-corrected chi connectivity index (χ4v) is 4.58. The van der Waals surface area contributed by atoms with Crippen LogP contribution in [-0.4, -0.2) is 52.4 Å². The van der Waals surface area contributed by atoms with Gasteiger partial charge in [-0.05, 0) is 50.2 Å². The van der Waals surface area contributed by atoms with Gasteiger partial charge < -0.3 is 14.4 Å². The molecule has 5 heteroatoms. The van der Waals surface area contributed by atoms with Gasteiger partial charge in [0.2, 0.25) is 5.91 Å². The second-order valence-electron chi connectivity index (χ2n) is 7.91. The Kier molecular flexibility index (Phi) is 3.89. The van der Waals surface area contributed by atoms with Crippen LogP contribution >= 0.6 is 0 Å². The number of hydrogen-bond acceptors (Lipinski definition) is 2. The van der Waals surface area contributed by atoms with Crippen molar-refractivity contribution >= 4 is 11.8 Å². The minimum Gasteiger partial charge on any atom is -0.347 e. The van der Waals surface area contributed by atoms with E-state index in [9.17, 15) is 9.59 Å². The molecule has 1 aromatic heterocycles. The zero-order valence-electron chi connectivity index (χ0n) is 14.5. The summed E-state index contributed by atoms with van der Waals surface area (Å²) in [6.07, 6.45) is 8.59. The third-order valence-electron chi connectivity index (χ3n) is 6.33. The lowest BCUT2D eigenvalue weighted by Crippen LogP contribution is -2.52. The summed E-state index contributed by atoms with van der Waals surface area (Å²) in [6.45, 7) is 3.14. The predicted octanol–water partition coefficient (Wildman–Crippen LogP) is 2.28. The first kappa shape index (κ1) is 15.7. The number of hydrogen-bond donors (Lipinski definition) is 0. The van der Waals surface area contributed by atoms with Crippen molar-refractivity contribution in [2.24, 2.45) is 18.4 Å². The number of aromatic nitrogens is 1. The van der Waals surface area contributed by atoms with Gasteiger partial charge in [0.15, 0.2) is 0 Å². The van der Waals surface area contributed by atoms with Crippen LogP contribution in [0.3, 0.4) is 0 Å². The summed E-state index contributed by atoms with van der Waals surface area (Å²) in [5.74, 6) is 1.08. The number of aryl methyl sites for hydroxylation is 1. The van der Waals surface area contributed by atoms with E-state index in [1.807, 2.05) is 34.8 Å². The lowest BCUT2D eigenvalue weighted by Gasteiger charge is -2.42. The summed E-state index contributed by atoms with van der Waals surface area (Å²) in [6, 6.07) is 3.75. The number of carbonyl (C=O) groups excluding carboxylic acids is 2. The molecule has 0 radical (unpaired) electrons. The Morgan fingerprint density at radius 1 is 1.25 bits per heavy atom. The van der Waals surface area contributed by atoms with E-state index in [0.29, 0.717) is 30.6 Å². The molecule has 3 aliphatic rings. The van der Waals surface area contributed by atoms with E-state index in [4.69, 9.17) is 0 Å². The van der Waals surface area contributed by atoms with Gasteiger partial charge in [-0.1, -0.05) is 6.42 Å². The minimum absolute atomic E-state index is 0.0586. The van der Waals surface area contributed by atoms with Crippen LogP contribution in [0.5, 0.6) is 0 Å². The van der Waals surface area contributed by atoms with E-state index < -0.39 is 0 Å². The maximum Gasteiger partial charge on any atom is 0.270 e. The number of nitrogens with zero attached hydrogens (tertiary/aromatic N) is 3. The Labute approximate surface area is 143 Å². The van der Waals surface area contributed by atoms with Gasteiger partial charge in [-0.2, -0.15) is 0 Å². The smallest absolute Gasteiger partial charge is 0.270 e. The number of likely N-dealkylation sites (tertiary alicyclic amines) is 2. The second-order valence-corrected chi connectivity index (χ2v) is 7.91. The van der Waals surface area contributed by atoms with Crippen LogP contribution in [0.2, 0.25) is 0 Å². The highest BCUT2D eigenvalue weighted by molar-refractivity contribution is 5.94. The predicted molar refractivity (Wildman–Crippen MR) is 91.5 cm³/mol. The molecule has 1 aliphatic carbocycles. The van der Waals surface area contributed by atoms with Gasteiger partial charge in [0, 0.05) is 39.4 Å². The van der Waals surface area contributed by atoms with Gasteiger partial charge in [0.1, 0.15) is 5.69 Å². The van der Waals surface area contributed by atoms with Gasteiger partial charge in [-0.3, -0.25) is 9.59 Å². The fraction of sp³-hybridized carbons (Fsp3) is 0.684. The molecule has 1 atom stereocenters. The highest BCUT2D eigenvalue weighted by Crippen LogP contribution is 2.41. The summed E-state index contributed by atoms with van der Waals surface area (Å²) < 4.78 is 1.86. The summed E-state index contributed by atoms with van der Waals surface area (Å²) in [7, 11) is 1.89. The van der Waals surface area contributed by atoms with Crippen LogP contribution in [-0.2, 0) is 11.8 Å². The topological polar surface area (TPSA) is 45.6 Å². The van der Waals surface area contributed by atoms with E-state index in [1.165, 1.54) is 19.3 Å². The molecule has 0 bridgehead atoms. The van der Waals surface area contributed by atoms with Gasteiger partial charge >= 0.3 is 0 Å². The maximum absolute atomic E-state index is 13.1. The minimum atomic E-state index is -0.317. The summed E-state index contributed by atoms with van der Waals surface area (Å²) >= 11 is 0. The summed E-state index contributed by atoms with van der Waals surface area (Å²) in [5.41, 5.74) is 0.393. The molecule has 2 saturated heterocycles. The average molecular weight is 329 g/mol. The first-order valence-corrected chi connectivity index (χ1v) is 9.29. The van der Waals surface area contributed by atoms with Crippen LogP contribution in [0.4, 0.5) is 0 Å². The normalized spacial score (nSPS) is 27.8. The lowest BCUT2D eigenvalue weighted by atomic mass is 9.77. The van der Waals surface area contributed by atoms with Crippen molar-refractivity contribution in [3.8, 4) is 0 Å². The Balaban J connectivity index is 1.46. The van der Waals surface area contributed by atoms with E-state index in [2.05, 4.69) is 4.90 Å². The third kappa shape index (κ3) is 2.54.